The Morgan fingerprint density at radius 1 is 1.00 bits per heavy atom. The van der Waals surface area contributed by atoms with Crippen LogP contribution in [0, 0.1) is 6.92 Å². The molecule has 29 heavy (non-hydrogen) atoms. The largest absolute Gasteiger partial charge is 0.493 e. The Hall–Kier alpha value is -3.54. The second-order valence-corrected chi connectivity index (χ2v) is 6.56. The van der Waals surface area contributed by atoms with E-state index in [1.807, 2.05) is 49.4 Å². The fourth-order valence-corrected chi connectivity index (χ4v) is 2.95. The van der Waals surface area contributed by atoms with Gasteiger partial charge in [-0.3, -0.25) is 4.79 Å². The maximum Gasteiger partial charge on any atom is 0.255 e. The first kappa shape index (κ1) is 20.2. The normalized spacial score (nSPS) is 10.3. The Morgan fingerprint density at radius 3 is 2.55 bits per heavy atom. The summed E-state index contributed by atoms with van der Waals surface area (Å²) in [5.41, 5.74) is 3.49. The third-order valence-electron chi connectivity index (χ3n) is 4.58. The highest BCUT2D eigenvalue weighted by Gasteiger charge is 2.09. The van der Waals surface area contributed by atoms with Crippen LogP contribution in [0.2, 0.25) is 0 Å². The van der Waals surface area contributed by atoms with E-state index in [4.69, 9.17) is 9.47 Å². The molecule has 1 aromatic heterocycles. The average molecular weight is 391 g/mol. The van der Waals surface area contributed by atoms with Crippen molar-refractivity contribution >= 4 is 17.4 Å². The Bertz CT molecular complexity index is 989. The number of benzene rings is 2. The fraction of sp³-hybridized carbons (Fsp3) is 0.217. The van der Waals surface area contributed by atoms with E-state index in [9.17, 15) is 4.79 Å². The van der Waals surface area contributed by atoms with Gasteiger partial charge in [-0.05, 0) is 54.8 Å². The number of nitrogens with zero attached hydrogens (tertiary/aromatic N) is 1. The van der Waals surface area contributed by atoms with Gasteiger partial charge in [-0.2, -0.15) is 0 Å². The lowest BCUT2D eigenvalue weighted by Crippen LogP contribution is -2.14. The number of carbonyl (C=O) groups is 1. The molecular weight excluding hydrogens is 366 g/mol. The summed E-state index contributed by atoms with van der Waals surface area (Å²) in [6.07, 6.45) is 2.41. The molecule has 1 heterocycles. The number of para-hydroxylation sites is 1. The Morgan fingerprint density at radius 2 is 1.79 bits per heavy atom. The highest BCUT2D eigenvalue weighted by atomic mass is 16.5. The molecule has 3 rings (SSSR count). The standard InChI is InChI=1S/C23H25N3O3/c1-16-6-4-5-7-19(16)26-23(27)18-11-13-25-22(15-18)24-12-10-17-8-9-20(28-2)21(14-17)29-3/h4-9,11,13-15H,10,12H2,1-3H3,(H,24,25)(H,26,27). The molecule has 0 atom stereocenters. The molecule has 150 valence electrons. The number of amides is 1. The van der Waals surface area contributed by atoms with Crippen molar-refractivity contribution < 1.29 is 14.3 Å². The molecule has 0 bridgehead atoms. The van der Waals surface area contributed by atoms with Gasteiger partial charge in [-0.1, -0.05) is 24.3 Å². The van der Waals surface area contributed by atoms with Gasteiger partial charge in [0.25, 0.3) is 5.91 Å². The van der Waals surface area contributed by atoms with Crippen molar-refractivity contribution in [1.29, 1.82) is 0 Å². The van der Waals surface area contributed by atoms with Crippen LogP contribution in [-0.2, 0) is 6.42 Å². The SMILES string of the molecule is COc1ccc(CCNc2cc(C(=O)Nc3ccccc3C)ccn2)cc1OC. The van der Waals surface area contributed by atoms with Gasteiger partial charge in [-0.15, -0.1) is 0 Å². The first-order valence-electron chi connectivity index (χ1n) is 9.38. The van der Waals surface area contributed by atoms with E-state index in [2.05, 4.69) is 15.6 Å². The second kappa shape index (κ2) is 9.59. The maximum atomic E-state index is 12.6. The lowest BCUT2D eigenvalue weighted by atomic mass is 10.1. The zero-order valence-electron chi connectivity index (χ0n) is 16.9. The predicted octanol–water partition coefficient (Wildman–Crippen LogP) is 4.31. The summed E-state index contributed by atoms with van der Waals surface area (Å²) in [5.74, 6) is 1.91. The van der Waals surface area contributed by atoms with Crippen LogP contribution in [0.5, 0.6) is 11.5 Å². The van der Waals surface area contributed by atoms with Crippen molar-refractivity contribution in [2.45, 2.75) is 13.3 Å². The molecule has 0 radical (unpaired) electrons. The molecule has 0 unspecified atom stereocenters. The molecule has 2 aromatic carbocycles. The maximum absolute atomic E-state index is 12.6. The third-order valence-corrected chi connectivity index (χ3v) is 4.58. The predicted molar refractivity (Wildman–Crippen MR) is 115 cm³/mol. The molecule has 0 aliphatic heterocycles. The molecule has 6 nitrogen and oxygen atoms in total. The topological polar surface area (TPSA) is 72.5 Å². The van der Waals surface area contributed by atoms with E-state index in [0.29, 0.717) is 29.4 Å². The highest BCUT2D eigenvalue weighted by Crippen LogP contribution is 2.27. The summed E-state index contributed by atoms with van der Waals surface area (Å²) in [6, 6.07) is 17.0. The summed E-state index contributed by atoms with van der Waals surface area (Å²) in [4.78, 5) is 16.9. The number of nitrogens with one attached hydrogen (secondary N) is 2. The monoisotopic (exact) mass is 391 g/mol. The van der Waals surface area contributed by atoms with E-state index in [-0.39, 0.29) is 5.91 Å². The van der Waals surface area contributed by atoms with Crippen LogP contribution in [0.15, 0.2) is 60.8 Å². The molecule has 0 fully saturated rings. The molecule has 6 heteroatoms. The minimum atomic E-state index is -0.162. The molecule has 3 aromatic rings. The van der Waals surface area contributed by atoms with E-state index in [1.165, 1.54) is 0 Å². The van der Waals surface area contributed by atoms with Crippen molar-refractivity contribution in [3.8, 4) is 11.5 Å². The number of hydrogen-bond acceptors (Lipinski definition) is 5. The van der Waals surface area contributed by atoms with Gasteiger partial charge >= 0.3 is 0 Å². The lowest BCUT2D eigenvalue weighted by molar-refractivity contribution is 0.102. The zero-order valence-corrected chi connectivity index (χ0v) is 16.9. The van der Waals surface area contributed by atoms with Gasteiger partial charge in [0.05, 0.1) is 14.2 Å². The third kappa shape index (κ3) is 5.25. The van der Waals surface area contributed by atoms with Crippen molar-refractivity contribution in [2.24, 2.45) is 0 Å². The fourth-order valence-electron chi connectivity index (χ4n) is 2.95. The van der Waals surface area contributed by atoms with Gasteiger partial charge in [0.1, 0.15) is 5.82 Å². The molecule has 2 N–H and O–H groups in total. The van der Waals surface area contributed by atoms with E-state index < -0.39 is 0 Å². The first-order chi connectivity index (χ1) is 14.1. The number of aromatic nitrogens is 1. The molecule has 0 saturated heterocycles. The molecule has 1 amide bonds. The van der Waals surface area contributed by atoms with E-state index >= 15 is 0 Å². The highest BCUT2D eigenvalue weighted by molar-refractivity contribution is 6.05. The minimum absolute atomic E-state index is 0.162. The Labute approximate surface area is 170 Å². The molecular formula is C23H25N3O3. The van der Waals surface area contributed by atoms with Crippen molar-refractivity contribution in [2.75, 3.05) is 31.4 Å². The van der Waals surface area contributed by atoms with Gasteiger partial charge in [-0.25, -0.2) is 4.98 Å². The van der Waals surface area contributed by atoms with Crippen molar-refractivity contribution in [3.05, 3.63) is 77.5 Å². The first-order valence-corrected chi connectivity index (χ1v) is 9.38. The van der Waals surface area contributed by atoms with Crippen LogP contribution in [0.3, 0.4) is 0 Å². The van der Waals surface area contributed by atoms with Crippen molar-refractivity contribution in [3.63, 3.8) is 0 Å². The second-order valence-electron chi connectivity index (χ2n) is 6.56. The number of rotatable bonds is 8. The number of aryl methyl sites for hydroxylation is 1. The minimum Gasteiger partial charge on any atom is -0.493 e. The zero-order chi connectivity index (χ0) is 20.6. The number of anilines is 2. The van der Waals surface area contributed by atoms with Crippen LogP contribution in [-0.4, -0.2) is 31.7 Å². The summed E-state index contributed by atoms with van der Waals surface area (Å²) in [6.45, 7) is 2.63. The summed E-state index contributed by atoms with van der Waals surface area (Å²) in [5, 5.41) is 6.21. The lowest BCUT2D eigenvalue weighted by Gasteiger charge is -2.11. The van der Waals surface area contributed by atoms with Gasteiger partial charge in [0, 0.05) is 24.0 Å². The quantitative estimate of drug-likeness (QED) is 0.598. The van der Waals surface area contributed by atoms with Crippen LogP contribution in [0.1, 0.15) is 21.5 Å². The smallest absolute Gasteiger partial charge is 0.255 e. The van der Waals surface area contributed by atoms with Crippen molar-refractivity contribution in [1.82, 2.24) is 4.98 Å². The molecule has 0 spiro atoms. The van der Waals surface area contributed by atoms with Crippen LogP contribution in [0.25, 0.3) is 0 Å². The summed E-state index contributed by atoms with van der Waals surface area (Å²) >= 11 is 0. The summed E-state index contributed by atoms with van der Waals surface area (Å²) in [7, 11) is 3.24. The van der Waals surface area contributed by atoms with Gasteiger partial charge in [0.2, 0.25) is 0 Å². The Balaban J connectivity index is 1.60. The number of hydrogen-bond donors (Lipinski definition) is 2. The van der Waals surface area contributed by atoms with Gasteiger partial charge in [0.15, 0.2) is 11.5 Å². The Kier molecular flexibility index (Phi) is 6.68. The van der Waals surface area contributed by atoms with Crippen LogP contribution in [0.4, 0.5) is 11.5 Å². The average Bonchev–Trinajstić information content (AvgIpc) is 2.75. The van der Waals surface area contributed by atoms with E-state index in [1.54, 1.807) is 32.5 Å². The van der Waals surface area contributed by atoms with Crippen LogP contribution >= 0.6 is 0 Å². The number of pyridine rings is 1. The van der Waals surface area contributed by atoms with E-state index in [0.717, 1.165) is 23.2 Å². The summed E-state index contributed by atoms with van der Waals surface area (Å²) < 4.78 is 10.6. The van der Waals surface area contributed by atoms with Gasteiger partial charge < -0.3 is 20.1 Å². The van der Waals surface area contributed by atoms with Crippen LogP contribution < -0.4 is 20.1 Å². The number of carbonyl (C=O) groups excluding carboxylic acids is 1. The molecule has 0 aliphatic rings. The molecule has 0 saturated carbocycles. The number of methoxy groups -OCH3 is 2. The molecule has 0 aliphatic carbocycles. The number of ether oxygens (including phenoxy) is 2.